The third-order valence-electron chi connectivity index (χ3n) is 17.9. The minimum Gasteiger partial charge on any atom is -0.455 e. The van der Waals surface area contributed by atoms with E-state index in [0.717, 1.165) is 152 Å². The number of benzene rings is 13. The summed E-state index contributed by atoms with van der Waals surface area (Å²) in [6.45, 7) is 0. The Morgan fingerprint density at radius 1 is 0.352 bits per heavy atom. The fraction of sp³-hybridized carbons (Fsp3) is 0.0361. The molecule has 0 spiro atoms. The highest BCUT2D eigenvalue weighted by Gasteiger charge is 2.50. The lowest BCUT2D eigenvalue weighted by molar-refractivity contribution is 0.627. The number of halogens is 2. The van der Waals surface area contributed by atoms with E-state index in [0.29, 0.717) is 0 Å². The molecule has 0 aliphatic heterocycles. The van der Waals surface area contributed by atoms with Crippen molar-refractivity contribution in [2.75, 3.05) is 9.80 Å². The molecule has 0 N–H and O–H groups in total. The predicted molar refractivity (Wildman–Crippen MR) is 360 cm³/mol. The Balaban J connectivity index is 1.05. The van der Waals surface area contributed by atoms with Crippen molar-refractivity contribution >= 4 is 72.4 Å². The molecule has 0 unspecified atom stereocenters. The van der Waals surface area contributed by atoms with Gasteiger partial charge in [0, 0.05) is 38.8 Å². The molecule has 0 saturated heterocycles. The molecule has 16 rings (SSSR count). The number of furan rings is 1. The Labute approximate surface area is 510 Å². The number of rotatable bonds is 12. The van der Waals surface area contributed by atoms with Crippen molar-refractivity contribution < 1.29 is 13.2 Å². The smallest absolute Gasteiger partial charge is 0.145 e. The van der Waals surface area contributed by atoms with Crippen LogP contribution in [0.5, 0.6) is 0 Å². The normalized spacial score (nSPS) is 13.1. The van der Waals surface area contributed by atoms with Crippen LogP contribution in [0.4, 0.5) is 42.9 Å². The molecule has 14 aromatic rings. The third kappa shape index (κ3) is 8.68. The zero-order valence-corrected chi connectivity index (χ0v) is 48.0. The molecule has 88 heavy (non-hydrogen) atoms. The largest absolute Gasteiger partial charge is 0.455 e. The van der Waals surface area contributed by atoms with Gasteiger partial charge in [-0.25, -0.2) is 8.78 Å². The van der Waals surface area contributed by atoms with Crippen LogP contribution in [0, 0.1) is 11.6 Å². The minimum atomic E-state index is -1.01. The van der Waals surface area contributed by atoms with E-state index in [1.807, 2.05) is 42.5 Å². The Kier molecular flexibility index (Phi) is 12.9. The first-order chi connectivity index (χ1) is 43.5. The van der Waals surface area contributed by atoms with Gasteiger partial charge in [-0.05, 0) is 170 Å². The molecule has 0 saturated carbocycles. The van der Waals surface area contributed by atoms with E-state index < -0.39 is 5.41 Å². The van der Waals surface area contributed by atoms with E-state index in [4.69, 9.17) is 4.42 Å². The Morgan fingerprint density at radius 2 is 0.818 bits per heavy atom. The summed E-state index contributed by atoms with van der Waals surface area (Å²) < 4.78 is 38.6. The lowest BCUT2D eigenvalue weighted by Crippen LogP contribution is -2.29. The molecule has 0 amide bonds. The molecule has 13 aromatic carbocycles. The molecular formula is C83H56F2N2O. The van der Waals surface area contributed by atoms with Gasteiger partial charge < -0.3 is 14.2 Å². The summed E-state index contributed by atoms with van der Waals surface area (Å²) in [4.78, 5) is 4.66. The number of anilines is 6. The van der Waals surface area contributed by atoms with Crippen LogP contribution >= 0.6 is 0 Å². The van der Waals surface area contributed by atoms with Gasteiger partial charge in [0.2, 0.25) is 0 Å². The lowest BCUT2D eigenvalue weighted by Gasteiger charge is -2.36. The molecule has 0 fully saturated rings. The van der Waals surface area contributed by atoms with Crippen LogP contribution in [0.15, 0.2) is 320 Å². The van der Waals surface area contributed by atoms with Gasteiger partial charge in [0.1, 0.15) is 22.8 Å². The van der Waals surface area contributed by atoms with Gasteiger partial charge in [0.05, 0.1) is 33.6 Å². The summed E-state index contributed by atoms with van der Waals surface area (Å²) >= 11 is 0. The first-order valence-electron chi connectivity index (χ1n) is 30.1. The van der Waals surface area contributed by atoms with E-state index in [2.05, 4.69) is 259 Å². The van der Waals surface area contributed by atoms with Crippen LogP contribution in [-0.2, 0) is 5.41 Å². The lowest BCUT2D eigenvalue weighted by atomic mass is 9.67. The van der Waals surface area contributed by atoms with E-state index in [9.17, 15) is 0 Å². The van der Waals surface area contributed by atoms with Gasteiger partial charge in [0.25, 0.3) is 0 Å². The molecule has 2 aliphatic carbocycles. The maximum Gasteiger partial charge on any atom is 0.145 e. The van der Waals surface area contributed by atoms with Crippen LogP contribution in [0.3, 0.4) is 0 Å². The topological polar surface area (TPSA) is 19.6 Å². The molecule has 0 radical (unpaired) electrons. The Morgan fingerprint density at radius 3 is 1.39 bits per heavy atom. The van der Waals surface area contributed by atoms with Gasteiger partial charge in [-0.1, -0.05) is 224 Å². The molecule has 2 aliphatic rings. The van der Waals surface area contributed by atoms with Gasteiger partial charge in [-0.2, -0.15) is 0 Å². The Bertz CT molecular complexity index is 4980. The predicted octanol–water partition coefficient (Wildman–Crippen LogP) is 23.1. The van der Waals surface area contributed by atoms with Gasteiger partial charge in [-0.15, -0.1) is 0 Å². The summed E-state index contributed by atoms with van der Waals surface area (Å²) in [6, 6.07) is 103. The number of nitrogens with zero attached hydrogens (tertiary/aromatic N) is 2. The van der Waals surface area contributed by atoms with Crippen LogP contribution < -0.4 is 9.80 Å². The second kappa shape index (κ2) is 21.7. The quantitative estimate of drug-likeness (QED) is 0.122. The molecule has 1 aromatic heterocycles. The average Bonchev–Trinajstić information content (AvgIpc) is 1.50. The van der Waals surface area contributed by atoms with Crippen molar-refractivity contribution in [1.82, 2.24) is 0 Å². The summed E-state index contributed by atoms with van der Waals surface area (Å²) in [7, 11) is 0. The second-order valence-corrected chi connectivity index (χ2v) is 22.8. The fourth-order valence-corrected chi connectivity index (χ4v) is 14.0. The second-order valence-electron chi connectivity index (χ2n) is 22.8. The van der Waals surface area contributed by atoms with Crippen LogP contribution in [0.1, 0.15) is 40.7 Å². The SMILES string of the molecule is Fc1ccc(N(c2ccc(C3=CCCC=C3)cc2-c2ccccc2)c2cc3c(c4ccccc24)-c2c(cc(N(c4ccc(F)cc4)c4ccc(-c5ccccc5)cc4-c4ccccc4)c4c2oc2ccccc24)C3(c2ccccc2)c2ccccc2)cc1. The Hall–Kier alpha value is -11.1. The number of allylic oxidation sites excluding steroid dienone is 4. The summed E-state index contributed by atoms with van der Waals surface area (Å²) in [5.74, 6) is -0.645. The van der Waals surface area contributed by atoms with Gasteiger partial charge in [0.15, 0.2) is 0 Å². The maximum absolute atomic E-state index is 15.6. The summed E-state index contributed by atoms with van der Waals surface area (Å²) in [5, 5.41) is 3.90. The van der Waals surface area contributed by atoms with Crippen molar-refractivity contribution in [3.05, 3.63) is 355 Å². The number of fused-ring (bicyclic) bond motifs is 9. The van der Waals surface area contributed by atoms with Crippen LogP contribution in [0.25, 0.3) is 82.8 Å². The van der Waals surface area contributed by atoms with Crippen molar-refractivity contribution in [3.8, 4) is 44.5 Å². The highest BCUT2D eigenvalue weighted by atomic mass is 19.1. The number of hydrogen-bond acceptors (Lipinski definition) is 3. The molecular weight excluding hydrogens is 1080 g/mol. The van der Waals surface area contributed by atoms with E-state index in [1.165, 1.54) is 5.57 Å². The molecule has 418 valence electrons. The van der Waals surface area contributed by atoms with E-state index in [-0.39, 0.29) is 11.6 Å². The zero-order chi connectivity index (χ0) is 58.7. The molecule has 1 heterocycles. The van der Waals surface area contributed by atoms with Crippen LogP contribution in [-0.4, -0.2) is 0 Å². The van der Waals surface area contributed by atoms with E-state index >= 15 is 8.78 Å². The standard InChI is InChI=1S/C83H56F2N2O/c84-63-41-45-65(46-42-63)86(74-49-39-59(55-23-7-1-8-24-55)51-70(74)57-27-11-3-12-28-57)76-53-72-79(68-36-20-19-35-67(68)76)81-73(83(72,61-31-15-5-16-32-61)62-33-17-6-18-34-62)54-77(80-69-37-21-22-38-78(69)88-82(80)81)87(66-47-43-64(85)44-48-66)75-50-40-60(56-25-9-2-10-26-56)52-71(75)58-29-13-4-14-30-58/h2-7,9-54H,1,8H2. The first-order valence-corrected chi connectivity index (χ1v) is 30.1. The molecule has 0 atom stereocenters. The summed E-state index contributed by atoms with van der Waals surface area (Å²) in [5.41, 5.74) is 20.5. The van der Waals surface area contributed by atoms with Crippen molar-refractivity contribution in [1.29, 1.82) is 0 Å². The average molecular weight is 1140 g/mol. The molecule has 0 bridgehead atoms. The van der Waals surface area contributed by atoms with Gasteiger partial charge in [-0.3, -0.25) is 0 Å². The number of hydrogen-bond donors (Lipinski definition) is 0. The first kappa shape index (κ1) is 52.4. The highest BCUT2D eigenvalue weighted by Crippen LogP contribution is 2.64. The van der Waals surface area contributed by atoms with E-state index in [1.54, 1.807) is 24.3 Å². The van der Waals surface area contributed by atoms with Crippen molar-refractivity contribution in [3.63, 3.8) is 0 Å². The maximum atomic E-state index is 15.6. The fourth-order valence-electron chi connectivity index (χ4n) is 14.0. The summed E-state index contributed by atoms with van der Waals surface area (Å²) in [6.07, 6.45) is 8.81. The zero-order valence-electron chi connectivity index (χ0n) is 48.0. The van der Waals surface area contributed by atoms with Crippen LogP contribution in [0.2, 0.25) is 0 Å². The molecule has 3 nitrogen and oxygen atoms in total. The highest BCUT2D eigenvalue weighted by molar-refractivity contribution is 6.23. The van der Waals surface area contributed by atoms with Crippen molar-refractivity contribution in [2.24, 2.45) is 0 Å². The monoisotopic (exact) mass is 1130 g/mol. The van der Waals surface area contributed by atoms with Gasteiger partial charge >= 0.3 is 0 Å². The number of para-hydroxylation sites is 1. The third-order valence-corrected chi connectivity index (χ3v) is 17.9. The minimum absolute atomic E-state index is 0.317. The molecule has 5 heteroatoms. The van der Waals surface area contributed by atoms with Crippen molar-refractivity contribution in [2.45, 2.75) is 18.3 Å².